The number of nitro groups is 1. The van der Waals surface area contributed by atoms with Gasteiger partial charge in [-0.2, -0.15) is 0 Å². The molecule has 1 aliphatic rings. The number of rotatable bonds is 5. The molecule has 118 valence electrons. The van der Waals surface area contributed by atoms with Gasteiger partial charge in [0.1, 0.15) is 0 Å². The summed E-state index contributed by atoms with van der Waals surface area (Å²) in [6, 6.07) is 7.13. The van der Waals surface area contributed by atoms with E-state index in [0.717, 1.165) is 31.6 Å². The summed E-state index contributed by atoms with van der Waals surface area (Å²) in [5.74, 6) is 0.598. The molecule has 0 aliphatic carbocycles. The Balaban J connectivity index is 0.00000220. The fraction of sp³-hybridized carbons (Fsp3) is 0.600. The first-order chi connectivity index (χ1) is 9.56. The highest BCUT2D eigenvalue weighted by Gasteiger charge is 2.22. The normalized spacial score (nSPS) is 20.6. The van der Waals surface area contributed by atoms with E-state index in [1.165, 1.54) is 12.8 Å². The fourth-order valence-electron chi connectivity index (χ4n) is 2.80. The zero-order chi connectivity index (χ0) is 14.5. The highest BCUT2D eigenvalue weighted by atomic mass is 35.5. The van der Waals surface area contributed by atoms with Crippen molar-refractivity contribution in [2.24, 2.45) is 11.7 Å². The Morgan fingerprint density at radius 1 is 1.43 bits per heavy atom. The van der Waals surface area contributed by atoms with E-state index in [1.54, 1.807) is 12.1 Å². The van der Waals surface area contributed by atoms with Crippen molar-refractivity contribution >= 4 is 18.1 Å². The molecule has 0 bridgehead atoms. The minimum atomic E-state index is -0.359. The van der Waals surface area contributed by atoms with Gasteiger partial charge in [-0.3, -0.25) is 10.1 Å². The minimum absolute atomic E-state index is 0. The van der Waals surface area contributed by atoms with Crippen molar-refractivity contribution in [3.8, 4) is 0 Å². The average Bonchev–Trinajstić information content (AvgIpc) is 2.46. The standard InChI is InChI=1S/C15H23N3O2.ClH/c1-12(16)14-3-2-9-17(11-14)10-8-13-4-6-15(7-5-13)18(19)20;/h4-7,12,14H,2-3,8-11,16H2,1H3;1H. The summed E-state index contributed by atoms with van der Waals surface area (Å²) in [6.45, 7) is 5.30. The molecule has 21 heavy (non-hydrogen) atoms. The molecule has 0 spiro atoms. The lowest BCUT2D eigenvalue weighted by atomic mass is 9.92. The van der Waals surface area contributed by atoms with Gasteiger partial charge in [-0.15, -0.1) is 12.4 Å². The van der Waals surface area contributed by atoms with Crippen molar-refractivity contribution in [1.82, 2.24) is 4.90 Å². The van der Waals surface area contributed by atoms with Gasteiger partial charge in [0, 0.05) is 31.3 Å². The lowest BCUT2D eigenvalue weighted by Gasteiger charge is -2.34. The average molecular weight is 314 g/mol. The highest BCUT2D eigenvalue weighted by molar-refractivity contribution is 5.85. The molecular weight excluding hydrogens is 290 g/mol. The van der Waals surface area contributed by atoms with E-state index < -0.39 is 0 Å². The second kappa shape index (κ2) is 8.32. The Labute approximate surface area is 132 Å². The molecule has 1 saturated heterocycles. The summed E-state index contributed by atoms with van der Waals surface area (Å²) >= 11 is 0. The second-order valence-electron chi connectivity index (χ2n) is 5.74. The number of nitrogens with two attached hydrogens (primary N) is 1. The van der Waals surface area contributed by atoms with Gasteiger partial charge in [-0.1, -0.05) is 12.1 Å². The van der Waals surface area contributed by atoms with Crippen molar-refractivity contribution < 1.29 is 4.92 Å². The molecule has 1 aromatic carbocycles. The number of hydrogen-bond donors (Lipinski definition) is 1. The monoisotopic (exact) mass is 313 g/mol. The zero-order valence-electron chi connectivity index (χ0n) is 12.4. The molecule has 1 aliphatic heterocycles. The van der Waals surface area contributed by atoms with Crippen molar-refractivity contribution in [3.05, 3.63) is 39.9 Å². The van der Waals surface area contributed by atoms with Crippen LogP contribution in [0.15, 0.2) is 24.3 Å². The molecule has 2 N–H and O–H groups in total. The number of non-ortho nitro benzene ring substituents is 1. The number of likely N-dealkylation sites (tertiary alicyclic amines) is 1. The molecule has 5 nitrogen and oxygen atoms in total. The van der Waals surface area contributed by atoms with Crippen LogP contribution >= 0.6 is 12.4 Å². The number of halogens is 1. The first-order valence-corrected chi connectivity index (χ1v) is 7.27. The molecule has 2 atom stereocenters. The van der Waals surface area contributed by atoms with E-state index in [2.05, 4.69) is 11.8 Å². The van der Waals surface area contributed by atoms with E-state index in [9.17, 15) is 10.1 Å². The molecule has 0 amide bonds. The molecule has 1 fully saturated rings. The van der Waals surface area contributed by atoms with Crippen molar-refractivity contribution in [2.75, 3.05) is 19.6 Å². The van der Waals surface area contributed by atoms with Gasteiger partial charge >= 0.3 is 0 Å². The smallest absolute Gasteiger partial charge is 0.269 e. The molecule has 1 aromatic rings. The fourth-order valence-corrected chi connectivity index (χ4v) is 2.80. The number of nitro benzene ring substituents is 1. The largest absolute Gasteiger partial charge is 0.328 e. The number of nitrogens with zero attached hydrogens (tertiary/aromatic N) is 2. The van der Waals surface area contributed by atoms with Gasteiger partial charge in [0.15, 0.2) is 0 Å². The van der Waals surface area contributed by atoms with E-state index in [-0.39, 0.29) is 29.1 Å². The van der Waals surface area contributed by atoms with Crippen molar-refractivity contribution in [1.29, 1.82) is 0 Å². The van der Waals surface area contributed by atoms with Crippen LogP contribution in [-0.2, 0) is 6.42 Å². The number of piperidine rings is 1. The van der Waals surface area contributed by atoms with E-state index in [0.29, 0.717) is 5.92 Å². The predicted octanol–water partition coefficient (Wildman–Crippen LogP) is 2.62. The van der Waals surface area contributed by atoms with E-state index in [4.69, 9.17) is 5.73 Å². The Bertz CT molecular complexity index is 451. The third-order valence-electron chi connectivity index (χ3n) is 4.15. The Morgan fingerprint density at radius 2 is 2.10 bits per heavy atom. The lowest BCUT2D eigenvalue weighted by Crippen LogP contribution is -2.43. The molecule has 2 unspecified atom stereocenters. The maximum atomic E-state index is 10.6. The summed E-state index contributed by atoms with van der Waals surface area (Å²) in [7, 11) is 0. The van der Waals surface area contributed by atoms with Gasteiger partial charge in [-0.25, -0.2) is 0 Å². The number of benzene rings is 1. The first-order valence-electron chi connectivity index (χ1n) is 7.27. The second-order valence-corrected chi connectivity index (χ2v) is 5.74. The van der Waals surface area contributed by atoms with Crippen LogP contribution in [0.25, 0.3) is 0 Å². The zero-order valence-corrected chi connectivity index (χ0v) is 13.2. The van der Waals surface area contributed by atoms with Crippen LogP contribution < -0.4 is 5.73 Å². The molecule has 0 saturated carbocycles. The summed E-state index contributed by atoms with van der Waals surface area (Å²) in [6.07, 6.45) is 3.38. The maximum absolute atomic E-state index is 10.6. The molecule has 1 heterocycles. The van der Waals surface area contributed by atoms with Gasteiger partial charge < -0.3 is 10.6 Å². The maximum Gasteiger partial charge on any atom is 0.269 e. The molecular formula is C15H24ClN3O2. The first kappa shape index (κ1) is 17.9. The minimum Gasteiger partial charge on any atom is -0.328 e. The third kappa shape index (κ3) is 5.26. The molecule has 0 radical (unpaired) electrons. The third-order valence-corrected chi connectivity index (χ3v) is 4.15. The van der Waals surface area contributed by atoms with Crippen LogP contribution in [0, 0.1) is 16.0 Å². The SMILES string of the molecule is CC(N)C1CCCN(CCc2ccc([N+](=O)[O-])cc2)C1.Cl. The van der Waals surface area contributed by atoms with Crippen LogP contribution in [0.4, 0.5) is 5.69 Å². The lowest BCUT2D eigenvalue weighted by molar-refractivity contribution is -0.384. The Hall–Kier alpha value is -1.17. The summed E-state index contributed by atoms with van der Waals surface area (Å²) in [5, 5.41) is 10.6. The predicted molar refractivity (Wildman–Crippen MR) is 86.9 cm³/mol. The van der Waals surface area contributed by atoms with E-state index >= 15 is 0 Å². The summed E-state index contributed by atoms with van der Waals surface area (Å²) in [5.41, 5.74) is 7.30. The van der Waals surface area contributed by atoms with Crippen molar-refractivity contribution in [3.63, 3.8) is 0 Å². The Morgan fingerprint density at radius 3 is 2.67 bits per heavy atom. The molecule has 6 heteroatoms. The van der Waals surface area contributed by atoms with Crippen LogP contribution in [0.3, 0.4) is 0 Å². The van der Waals surface area contributed by atoms with Gasteiger partial charge in [0.2, 0.25) is 0 Å². The Kier molecular flexibility index (Phi) is 7.08. The van der Waals surface area contributed by atoms with Gasteiger partial charge in [-0.05, 0) is 44.2 Å². The van der Waals surface area contributed by atoms with Crippen LogP contribution in [-0.4, -0.2) is 35.5 Å². The summed E-state index contributed by atoms with van der Waals surface area (Å²) in [4.78, 5) is 12.7. The topological polar surface area (TPSA) is 72.4 Å². The van der Waals surface area contributed by atoms with Gasteiger partial charge in [0.25, 0.3) is 5.69 Å². The van der Waals surface area contributed by atoms with Crippen LogP contribution in [0.5, 0.6) is 0 Å². The molecule has 0 aromatic heterocycles. The highest BCUT2D eigenvalue weighted by Crippen LogP contribution is 2.19. The quantitative estimate of drug-likeness (QED) is 0.670. The van der Waals surface area contributed by atoms with Crippen LogP contribution in [0.2, 0.25) is 0 Å². The number of hydrogen-bond acceptors (Lipinski definition) is 4. The summed E-state index contributed by atoms with van der Waals surface area (Å²) < 4.78 is 0. The van der Waals surface area contributed by atoms with Gasteiger partial charge in [0.05, 0.1) is 4.92 Å². The van der Waals surface area contributed by atoms with Crippen molar-refractivity contribution in [2.45, 2.75) is 32.2 Å². The van der Waals surface area contributed by atoms with E-state index in [1.807, 2.05) is 12.1 Å². The van der Waals surface area contributed by atoms with Crippen LogP contribution in [0.1, 0.15) is 25.3 Å². The molecule has 2 rings (SSSR count).